The second kappa shape index (κ2) is 10.3. The average Bonchev–Trinajstić information content (AvgIpc) is 2.83. The normalized spacial score (nSPS) is 14.0. The van der Waals surface area contributed by atoms with E-state index in [4.69, 9.17) is 10.5 Å². The Bertz CT molecular complexity index is 1210. The molecule has 1 aliphatic heterocycles. The maximum Gasteiger partial charge on any atom is 0.287 e. The zero-order valence-electron chi connectivity index (χ0n) is 19.0. The maximum atomic E-state index is 13.2. The van der Waals surface area contributed by atoms with Crippen LogP contribution >= 0.6 is 0 Å². The molecule has 2 amide bonds. The lowest BCUT2D eigenvalue weighted by molar-refractivity contribution is -0.137. The van der Waals surface area contributed by atoms with Gasteiger partial charge >= 0.3 is 0 Å². The summed E-state index contributed by atoms with van der Waals surface area (Å²) in [6.07, 6.45) is 1.14. The van der Waals surface area contributed by atoms with Gasteiger partial charge in [-0.25, -0.2) is 0 Å². The number of carbonyl (C=O) groups excluding carboxylic acids is 3. The molecular formula is C27H27N3O4. The van der Waals surface area contributed by atoms with E-state index in [-0.39, 0.29) is 12.0 Å². The zero-order valence-corrected chi connectivity index (χ0v) is 19.0. The molecule has 1 heterocycles. The Morgan fingerprint density at radius 2 is 1.74 bits per heavy atom. The number of Topliss-reactive ketones (excluding diaryl/α,β-unsaturated/α-hetero) is 1. The van der Waals surface area contributed by atoms with Crippen molar-refractivity contribution >= 4 is 17.6 Å². The van der Waals surface area contributed by atoms with E-state index in [2.05, 4.69) is 23.3 Å². The Kier molecular flexibility index (Phi) is 7.04. The molecule has 0 saturated carbocycles. The van der Waals surface area contributed by atoms with Crippen LogP contribution in [0.4, 0.5) is 0 Å². The number of nitrogens with zero attached hydrogens (tertiary/aromatic N) is 1. The highest BCUT2D eigenvalue weighted by molar-refractivity contribution is 6.38. The number of para-hydroxylation sites is 1. The summed E-state index contributed by atoms with van der Waals surface area (Å²) in [5, 5.41) is 2.67. The number of benzene rings is 3. The van der Waals surface area contributed by atoms with E-state index >= 15 is 0 Å². The van der Waals surface area contributed by atoms with E-state index in [1.165, 1.54) is 11.1 Å². The Hall–Kier alpha value is -3.97. The first-order chi connectivity index (χ1) is 16.4. The zero-order chi connectivity index (χ0) is 24.1. The maximum absolute atomic E-state index is 13.2. The lowest BCUT2D eigenvalue weighted by atomic mass is 10.00. The number of likely N-dealkylation sites (N-methyl/N-ethyl adjacent to an activating group) is 1. The third kappa shape index (κ3) is 5.50. The first kappa shape index (κ1) is 23.2. The molecule has 0 bridgehead atoms. The molecule has 174 valence electrons. The highest BCUT2D eigenvalue weighted by atomic mass is 16.5. The Morgan fingerprint density at radius 1 is 1.00 bits per heavy atom. The van der Waals surface area contributed by atoms with Crippen LogP contribution in [0.1, 0.15) is 27.0 Å². The van der Waals surface area contributed by atoms with Crippen molar-refractivity contribution in [2.75, 3.05) is 13.6 Å². The van der Waals surface area contributed by atoms with Crippen LogP contribution < -0.4 is 15.8 Å². The quantitative estimate of drug-likeness (QED) is 0.507. The van der Waals surface area contributed by atoms with Gasteiger partial charge in [-0.3, -0.25) is 14.4 Å². The molecule has 7 heteroatoms. The van der Waals surface area contributed by atoms with Crippen LogP contribution in [0.15, 0.2) is 72.8 Å². The highest BCUT2D eigenvalue weighted by Gasteiger charge is 2.27. The van der Waals surface area contributed by atoms with Crippen LogP contribution in [0.25, 0.3) is 0 Å². The highest BCUT2D eigenvalue weighted by Crippen LogP contribution is 2.29. The van der Waals surface area contributed by atoms with Gasteiger partial charge in [-0.15, -0.1) is 0 Å². The van der Waals surface area contributed by atoms with Crippen LogP contribution in [0, 0.1) is 0 Å². The van der Waals surface area contributed by atoms with Crippen LogP contribution in [0.3, 0.4) is 0 Å². The number of amides is 2. The predicted molar refractivity (Wildman–Crippen MR) is 129 cm³/mol. The third-order valence-corrected chi connectivity index (χ3v) is 5.89. The number of ether oxygens (including phenoxy) is 1. The van der Waals surface area contributed by atoms with Crippen LogP contribution in [0.5, 0.6) is 11.5 Å². The number of primary amides is 1. The van der Waals surface area contributed by atoms with Gasteiger partial charge in [0.2, 0.25) is 5.78 Å². The number of ketones is 1. The summed E-state index contributed by atoms with van der Waals surface area (Å²) in [5.41, 5.74) is 8.78. The molecule has 0 saturated heterocycles. The van der Waals surface area contributed by atoms with Gasteiger partial charge in [0.05, 0.1) is 5.56 Å². The molecule has 3 N–H and O–H groups in total. The molecule has 0 radical (unpaired) electrons. The fourth-order valence-corrected chi connectivity index (χ4v) is 4.08. The van der Waals surface area contributed by atoms with Crippen molar-refractivity contribution in [3.8, 4) is 11.5 Å². The van der Waals surface area contributed by atoms with E-state index in [0.717, 1.165) is 25.1 Å². The number of hydrogen-bond donors (Lipinski definition) is 2. The molecule has 0 aliphatic carbocycles. The van der Waals surface area contributed by atoms with Crippen molar-refractivity contribution in [2.24, 2.45) is 5.73 Å². The fourth-order valence-electron chi connectivity index (χ4n) is 4.08. The largest absolute Gasteiger partial charge is 0.457 e. The Balaban J connectivity index is 1.55. The second-order valence-electron chi connectivity index (χ2n) is 8.46. The molecule has 34 heavy (non-hydrogen) atoms. The predicted octanol–water partition coefficient (Wildman–Crippen LogP) is 2.86. The molecule has 1 unspecified atom stereocenters. The molecule has 3 aromatic rings. The molecule has 3 aromatic carbocycles. The lowest BCUT2D eigenvalue weighted by Crippen LogP contribution is -2.47. The molecular weight excluding hydrogens is 430 g/mol. The minimum absolute atomic E-state index is 0.149. The standard InChI is InChI=1S/C27H27N3O4/c1-30-14-13-19-11-12-21(16-20(19)17-30)34-24-10-6-5-9-22(24)27(33)29-23(25(31)26(28)32)15-18-7-3-2-4-8-18/h2-12,16,23H,13-15,17H2,1H3,(H2,28,32)(H,29,33). The smallest absolute Gasteiger partial charge is 0.287 e. The number of hydrogen-bond acceptors (Lipinski definition) is 5. The molecule has 1 aliphatic rings. The molecule has 0 spiro atoms. The minimum atomic E-state index is -1.09. The van der Waals surface area contributed by atoms with Gasteiger partial charge in [0.25, 0.3) is 11.8 Å². The number of fused-ring (bicyclic) bond motifs is 1. The van der Waals surface area contributed by atoms with Gasteiger partial charge in [0.1, 0.15) is 17.5 Å². The fraction of sp³-hybridized carbons (Fsp3) is 0.222. The number of carbonyl (C=O) groups is 3. The SMILES string of the molecule is CN1CCc2ccc(Oc3ccccc3C(=O)NC(Cc3ccccc3)C(=O)C(N)=O)cc2C1. The lowest BCUT2D eigenvalue weighted by Gasteiger charge is -2.25. The summed E-state index contributed by atoms with van der Waals surface area (Å²) in [6, 6.07) is 20.8. The summed E-state index contributed by atoms with van der Waals surface area (Å²) < 4.78 is 6.08. The van der Waals surface area contributed by atoms with Gasteiger partial charge in [-0.1, -0.05) is 48.5 Å². The van der Waals surface area contributed by atoms with Crippen LogP contribution in [-0.2, 0) is 29.0 Å². The van der Waals surface area contributed by atoms with Gasteiger partial charge in [-0.2, -0.15) is 0 Å². The van der Waals surface area contributed by atoms with Crippen LogP contribution in [0.2, 0.25) is 0 Å². The third-order valence-electron chi connectivity index (χ3n) is 5.89. The summed E-state index contributed by atoms with van der Waals surface area (Å²) >= 11 is 0. The average molecular weight is 458 g/mol. The molecule has 4 rings (SSSR count). The minimum Gasteiger partial charge on any atom is -0.457 e. The van der Waals surface area contributed by atoms with Crippen molar-refractivity contribution in [1.29, 1.82) is 0 Å². The molecule has 1 atom stereocenters. The summed E-state index contributed by atoms with van der Waals surface area (Å²) in [6.45, 7) is 1.86. The van der Waals surface area contributed by atoms with Gasteiger partial charge < -0.3 is 20.7 Å². The van der Waals surface area contributed by atoms with E-state index in [1.54, 1.807) is 24.3 Å². The monoisotopic (exact) mass is 457 g/mol. The summed E-state index contributed by atoms with van der Waals surface area (Å²) in [5.74, 6) is -1.49. The summed E-state index contributed by atoms with van der Waals surface area (Å²) in [4.78, 5) is 39.4. The van der Waals surface area contributed by atoms with Crippen molar-refractivity contribution in [2.45, 2.75) is 25.4 Å². The number of nitrogens with two attached hydrogens (primary N) is 1. The number of nitrogens with one attached hydrogen (secondary N) is 1. The first-order valence-electron chi connectivity index (χ1n) is 11.2. The van der Waals surface area contributed by atoms with E-state index < -0.39 is 23.6 Å². The van der Waals surface area contributed by atoms with Gasteiger partial charge in [0.15, 0.2) is 0 Å². The van der Waals surface area contributed by atoms with Crippen molar-refractivity contribution in [1.82, 2.24) is 10.2 Å². The molecule has 0 fully saturated rings. The van der Waals surface area contributed by atoms with Crippen molar-refractivity contribution in [3.63, 3.8) is 0 Å². The first-order valence-corrected chi connectivity index (χ1v) is 11.2. The topological polar surface area (TPSA) is 102 Å². The van der Waals surface area contributed by atoms with E-state index in [0.29, 0.717) is 11.5 Å². The van der Waals surface area contributed by atoms with E-state index in [9.17, 15) is 14.4 Å². The number of rotatable bonds is 8. The summed E-state index contributed by atoms with van der Waals surface area (Å²) in [7, 11) is 2.08. The van der Waals surface area contributed by atoms with Crippen molar-refractivity contribution < 1.29 is 19.1 Å². The van der Waals surface area contributed by atoms with Gasteiger partial charge in [0, 0.05) is 19.5 Å². The Morgan fingerprint density at radius 3 is 2.50 bits per heavy atom. The van der Waals surface area contributed by atoms with E-state index in [1.807, 2.05) is 42.5 Å². The van der Waals surface area contributed by atoms with Gasteiger partial charge in [-0.05, 0) is 54.4 Å². The van der Waals surface area contributed by atoms with Crippen molar-refractivity contribution in [3.05, 3.63) is 95.1 Å². The molecule has 0 aromatic heterocycles. The Labute approximate surface area is 198 Å². The molecule has 7 nitrogen and oxygen atoms in total. The second-order valence-corrected chi connectivity index (χ2v) is 8.46. The van der Waals surface area contributed by atoms with Crippen LogP contribution in [-0.4, -0.2) is 42.1 Å².